The predicted molar refractivity (Wildman–Crippen MR) is 102 cm³/mol. The van der Waals surface area contributed by atoms with Crippen LogP contribution in [0.3, 0.4) is 0 Å². The van der Waals surface area contributed by atoms with E-state index in [1.165, 1.54) is 22.7 Å². The third-order valence-electron chi connectivity index (χ3n) is 4.21. The lowest BCUT2D eigenvalue weighted by Crippen LogP contribution is -2.28. The van der Waals surface area contributed by atoms with Gasteiger partial charge in [0.15, 0.2) is 0 Å². The van der Waals surface area contributed by atoms with Gasteiger partial charge < -0.3 is 4.90 Å². The van der Waals surface area contributed by atoms with Crippen molar-refractivity contribution in [3.63, 3.8) is 0 Å². The summed E-state index contributed by atoms with van der Waals surface area (Å²) in [6.07, 6.45) is 0. The van der Waals surface area contributed by atoms with Crippen LogP contribution in [0.5, 0.6) is 0 Å². The van der Waals surface area contributed by atoms with E-state index >= 15 is 0 Å². The van der Waals surface area contributed by atoms with Crippen LogP contribution in [-0.2, 0) is 11.3 Å². The largest absolute Gasteiger partial charge is 0.341 e. The molecule has 1 amide bonds. The number of amides is 1. The van der Waals surface area contributed by atoms with Crippen molar-refractivity contribution in [3.05, 3.63) is 65.0 Å². The van der Waals surface area contributed by atoms with Crippen molar-refractivity contribution in [2.45, 2.75) is 25.5 Å². The Morgan fingerprint density at radius 3 is 2.56 bits per heavy atom. The first-order valence-corrected chi connectivity index (χ1v) is 9.41. The molecule has 0 aliphatic carbocycles. The molecule has 6 nitrogen and oxygen atoms in total. The third kappa shape index (κ3) is 4.33. The standard InChI is InChI=1S/C19H20FN5OS/c1-13-7-6-8-14(2)18(13)25-19(21-22-23-25)27-12-17(26)24(3)11-15-9-4-5-10-16(15)20/h4-10H,11-12H2,1-3H3. The maximum Gasteiger partial charge on any atom is 0.233 e. The number of rotatable bonds is 6. The van der Waals surface area contributed by atoms with Gasteiger partial charge in [-0.1, -0.05) is 48.2 Å². The first-order chi connectivity index (χ1) is 13.0. The number of aryl methyl sites for hydroxylation is 2. The Morgan fingerprint density at radius 2 is 1.85 bits per heavy atom. The Kier molecular flexibility index (Phi) is 5.85. The fourth-order valence-electron chi connectivity index (χ4n) is 2.76. The topological polar surface area (TPSA) is 63.9 Å². The zero-order chi connectivity index (χ0) is 19.4. The van der Waals surface area contributed by atoms with Gasteiger partial charge in [-0.3, -0.25) is 4.79 Å². The van der Waals surface area contributed by atoms with Crippen molar-refractivity contribution in [1.29, 1.82) is 0 Å². The van der Waals surface area contributed by atoms with E-state index in [0.717, 1.165) is 16.8 Å². The molecule has 140 valence electrons. The highest BCUT2D eigenvalue weighted by Crippen LogP contribution is 2.23. The summed E-state index contributed by atoms with van der Waals surface area (Å²) in [6.45, 7) is 4.20. The number of carbonyl (C=O) groups excluding carboxylic acids is 1. The van der Waals surface area contributed by atoms with Crippen LogP contribution >= 0.6 is 11.8 Å². The maximum atomic E-state index is 13.8. The fraction of sp³-hybridized carbons (Fsp3) is 0.263. The molecular weight excluding hydrogens is 365 g/mol. The molecular formula is C19H20FN5OS. The number of hydrogen-bond acceptors (Lipinski definition) is 5. The first-order valence-electron chi connectivity index (χ1n) is 8.42. The van der Waals surface area contributed by atoms with E-state index in [9.17, 15) is 9.18 Å². The van der Waals surface area contributed by atoms with Gasteiger partial charge in [0.05, 0.1) is 11.4 Å². The maximum absolute atomic E-state index is 13.8. The Morgan fingerprint density at radius 1 is 1.15 bits per heavy atom. The first kappa shape index (κ1) is 19.0. The molecule has 0 atom stereocenters. The second-order valence-corrected chi connectivity index (χ2v) is 7.19. The molecule has 0 spiro atoms. The number of para-hydroxylation sites is 1. The van der Waals surface area contributed by atoms with Crippen LogP contribution < -0.4 is 0 Å². The second-order valence-electron chi connectivity index (χ2n) is 6.24. The van der Waals surface area contributed by atoms with Crippen molar-refractivity contribution in [2.24, 2.45) is 0 Å². The lowest BCUT2D eigenvalue weighted by Gasteiger charge is -2.17. The van der Waals surface area contributed by atoms with Gasteiger partial charge >= 0.3 is 0 Å². The zero-order valence-corrected chi connectivity index (χ0v) is 16.2. The molecule has 0 fully saturated rings. The van der Waals surface area contributed by atoms with E-state index in [-0.39, 0.29) is 24.0 Å². The van der Waals surface area contributed by atoms with Gasteiger partial charge in [-0.05, 0) is 41.5 Å². The molecule has 0 saturated carbocycles. The molecule has 0 bridgehead atoms. The second kappa shape index (κ2) is 8.30. The predicted octanol–water partition coefficient (Wildman–Crippen LogP) is 3.17. The summed E-state index contributed by atoms with van der Waals surface area (Å²) in [5, 5.41) is 12.4. The van der Waals surface area contributed by atoms with Crippen molar-refractivity contribution >= 4 is 17.7 Å². The number of halogens is 1. The van der Waals surface area contributed by atoms with Crippen molar-refractivity contribution in [3.8, 4) is 5.69 Å². The minimum atomic E-state index is -0.316. The Hall–Kier alpha value is -2.74. The summed E-state index contributed by atoms with van der Waals surface area (Å²) in [7, 11) is 1.66. The van der Waals surface area contributed by atoms with E-state index in [1.807, 2.05) is 32.0 Å². The van der Waals surface area contributed by atoms with Gasteiger partial charge in [-0.15, -0.1) is 5.10 Å². The van der Waals surface area contributed by atoms with E-state index < -0.39 is 0 Å². The average Bonchev–Trinajstić information content (AvgIpc) is 3.09. The van der Waals surface area contributed by atoms with Crippen molar-refractivity contribution < 1.29 is 9.18 Å². The molecule has 2 aromatic carbocycles. The molecule has 1 heterocycles. The van der Waals surface area contributed by atoms with E-state index in [4.69, 9.17) is 0 Å². The highest BCUT2D eigenvalue weighted by atomic mass is 32.2. The number of aromatic nitrogens is 4. The summed E-state index contributed by atoms with van der Waals surface area (Å²) in [5.41, 5.74) is 3.50. The molecule has 8 heteroatoms. The van der Waals surface area contributed by atoms with Crippen molar-refractivity contribution in [1.82, 2.24) is 25.1 Å². The molecule has 27 heavy (non-hydrogen) atoms. The summed E-state index contributed by atoms with van der Waals surface area (Å²) in [6, 6.07) is 12.4. The van der Waals surface area contributed by atoms with Gasteiger partial charge in [0.1, 0.15) is 5.82 Å². The van der Waals surface area contributed by atoms with Crippen LogP contribution in [0.15, 0.2) is 47.6 Å². The minimum Gasteiger partial charge on any atom is -0.341 e. The highest BCUT2D eigenvalue weighted by Gasteiger charge is 2.17. The van der Waals surface area contributed by atoms with E-state index in [2.05, 4.69) is 15.5 Å². The van der Waals surface area contributed by atoms with Crippen LogP contribution in [0.25, 0.3) is 5.69 Å². The minimum absolute atomic E-state index is 0.126. The van der Waals surface area contributed by atoms with Crippen LogP contribution in [0.4, 0.5) is 4.39 Å². The van der Waals surface area contributed by atoms with Gasteiger partial charge in [-0.25, -0.2) is 4.39 Å². The number of carbonyl (C=O) groups is 1. The van der Waals surface area contributed by atoms with Gasteiger partial charge in [0.2, 0.25) is 11.1 Å². The SMILES string of the molecule is Cc1cccc(C)c1-n1nnnc1SCC(=O)N(C)Cc1ccccc1F. The lowest BCUT2D eigenvalue weighted by atomic mass is 10.1. The number of tetrazole rings is 1. The number of benzene rings is 2. The quantitative estimate of drug-likeness (QED) is 0.610. The monoisotopic (exact) mass is 385 g/mol. The number of thioether (sulfide) groups is 1. The van der Waals surface area contributed by atoms with Gasteiger partial charge in [0, 0.05) is 19.2 Å². The molecule has 0 radical (unpaired) electrons. The van der Waals surface area contributed by atoms with Gasteiger partial charge in [-0.2, -0.15) is 4.68 Å². The number of hydrogen-bond donors (Lipinski definition) is 0. The van der Waals surface area contributed by atoms with Crippen LogP contribution in [0.2, 0.25) is 0 Å². The fourth-order valence-corrected chi connectivity index (χ4v) is 3.57. The normalized spacial score (nSPS) is 10.8. The third-order valence-corrected chi connectivity index (χ3v) is 5.11. The number of nitrogens with zero attached hydrogens (tertiary/aromatic N) is 5. The lowest BCUT2D eigenvalue weighted by molar-refractivity contribution is -0.127. The molecule has 0 aliphatic heterocycles. The summed E-state index contributed by atoms with van der Waals surface area (Å²) < 4.78 is 15.4. The average molecular weight is 385 g/mol. The van der Waals surface area contributed by atoms with Crippen LogP contribution in [0, 0.1) is 19.7 Å². The highest BCUT2D eigenvalue weighted by molar-refractivity contribution is 7.99. The molecule has 3 aromatic rings. The molecule has 0 unspecified atom stereocenters. The van der Waals surface area contributed by atoms with Gasteiger partial charge in [0.25, 0.3) is 0 Å². The molecule has 0 N–H and O–H groups in total. The molecule has 0 saturated heterocycles. The summed E-state index contributed by atoms with van der Waals surface area (Å²) in [4.78, 5) is 13.9. The Labute approximate surface area is 161 Å². The molecule has 1 aromatic heterocycles. The zero-order valence-electron chi connectivity index (χ0n) is 15.4. The van der Waals surface area contributed by atoms with Crippen LogP contribution in [-0.4, -0.2) is 43.8 Å². The summed E-state index contributed by atoms with van der Waals surface area (Å²) >= 11 is 1.26. The molecule has 0 aliphatic rings. The Bertz CT molecular complexity index is 939. The van der Waals surface area contributed by atoms with Crippen LogP contribution in [0.1, 0.15) is 16.7 Å². The summed E-state index contributed by atoms with van der Waals surface area (Å²) in [5.74, 6) is -0.279. The van der Waals surface area contributed by atoms with E-state index in [0.29, 0.717) is 10.7 Å². The molecule has 3 rings (SSSR count). The smallest absolute Gasteiger partial charge is 0.233 e. The van der Waals surface area contributed by atoms with Crippen molar-refractivity contribution in [2.75, 3.05) is 12.8 Å². The Balaban J connectivity index is 1.68. The van der Waals surface area contributed by atoms with E-state index in [1.54, 1.807) is 29.9 Å².